The number of hydrogen-bond acceptors (Lipinski definition) is 6. The van der Waals surface area contributed by atoms with Gasteiger partial charge in [0.15, 0.2) is 5.78 Å². The highest BCUT2D eigenvalue weighted by Gasteiger charge is 2.35. The van der Waals surface area contributed by atoms with E-state index >= 15 is 0 Å². The second-order valence-corrected chi connectivity index (χ2v) is 13.1. The van der Waals surface area contributed by atoms with Crippen LogP contribution in [0.5, 0.6) is 0 Å². The summed E-state index contributed by atoms with van der Waals surface area (Å²) in [6, 6.07) is 29.2. The summed E-state index contributed by atoms with van der Waals surface area (Å²) < 4.78 is 0. The van der Waals surface area contributed by atoms with Gasteiger partial charge in [0.25, 0.3) is 5.91 Å². The number of carbonyl (C=O) groups is 6. The highest BCUT2D eigenvalue weighted by molar-refractivity contribution is 6.38. The summed E-state index contributed by atoms with van der Waals surface area (Å²) in [5.74, 6) is -5.26. The standard InChI is InChI=1S/C40H42N2O7/c1-26(41-37(46)32(20-27-12-6-4-7-13-27)24-33(43)22-28-14-8-5-9-15-28)36(45)38(47)42-34(35(44)25-40(2,3)39(48)49)23-29-18-19-30-16-10-11-17-31(30)21-29/h4-19,21,26,32,34H,20,22-25H2,1-3H3,(H,41,46)(H,42,47)(H,48,49)/t26?,32-,34+/m1/s1. The van der Waals surface area contributed by atoms with Gasteiger partial charge in [-0.2, -0.15) is 0 Å². The molecule has 0 heterocycles. The number of fused-ring (bicyclic) bond motifs is 1. The van der Waals surface area contributed by atoms with Crippen molar-refractivity contribution < 1.29 is 33.9 Å². The topological polar surface area (TPSA) is 147 Å². The van der Waals surface area contributed by atoms with Gasteiger partial charge < -0.3 is 15.7 Å². The van der Waals surface area contributed by atoms with E-state index in [9.17, 15) is 33.9 Å². The van der Waals surface area contributed by atoms with Gasteiger partial charge >= 0.3 is 5.97 Å². The van der Waals surface area contributed by atoms with Gasteiger partial charge in [0.1, 0.15) is 5.78 Å². The number of carboxylic acid groups (broad SMARTS) is 1. The third-order valence-corrected chi connectivity index (χ3v) is 8.53. The molecule has 9 nitrogen and oxygen atoms in total. The molecule has 0 aliphatic carbocycles. The second-order valence-electron chi connectivity index (χ2n) is 13.1. The molecular formula is C40H42N2O7. The summed E-state index contributed by atoms with van der Waals surface area (Å²) in [6.45, 7) is 4.21. The smallest absolute Gasteiger partial charge is 0.309 e. The molecule has 254 valence electrons. The average Bonchev–Trinajstić information content (AvgIpc) is 3.07. The molecule has 0 fully saturated rings. The Balaban J connectivity index is 1.47. The minimum Gasteiger partial charge on any atom is -0.481 e. The fraction of sp³-hybridized carbons (Fsp3) is 0.300. The van der Waals surface area contributed by atoms with E-state index in [1.165, 1.54) is 20.8 Å². The molecule has 0 saturated carbocycles. The Hall–Kier alpha value is -5.44. The van der Waals surface area contributed by atoms with Crippen molar-refractivity contribution in [3.63, 3.8) is 0 Å². The molecule has 9 heteroatoms. The minimum absolute atomic E-state index is 0.0296. The maximum absolute atomic E-state index is 13.5. The van der Waals surface area contributed by atoms with Crippen molar-refractivity contribution in [3.8, 4) is 0 Å². The van der Waals surface area contributed by atoms with Gasteiger partial charge in [-0.3, -0.25) is 28.8 Å². The molecule has 0 aliphatic rings. The number of rotatable bonds is 17. The molecule has 3 N–H and O–H groups in total. The number of benzene rings is 4. The lowest BCUT2D eigenvalue weighted by molar-refractivity contribution is -0.149. The van der Waals surface area contributed by atoms with Gasteiger partial charge in [0, 0.05) is 25.2 Å². The summed E-state index contributed by atoms with van der Waals surface area (Å²) >= 11 is 0. The first-order chi connectivity index (χ1) is 23.3. The molecule has 0 radical (unpaired) electrons. The molecule has 4 aromatic carbocycles. The highest BCUT2D eigenvalue weighted by atomic mass is 16.4. The molecule has 1 unspecified atom stereocenters. The minimum atomic E-state index is -1.40. The highest BCUT2D eigenvalue weighted by Crippen LogP contribution is 2.24. The SMILES string of the molecule is CC(NC(=O)[C@@H](CC(=O)Cc1ccccc1)Cc1ccccc1)C(=O)C(=O)N[C@@H](Cc1ccc2ccccc2c1)C(=O)CC(C)(C)C(=O)O. The lowest BCUT2D eigenvalue weighted by atomic mass is 9.84. The van der Waals surface area contributed by atoms with Gasteiger partial charge in [-0.15, -0.1) is 0 Å². The summed E-state index contributed by atoms with van der Waals surface area (Å²) in [4.78, 5) is 78.3. The van der Waals surface area contributed by atoms with Crippen LogP contribution in [0.25, 0.3) is 10.8 Å². The fourth-order valence-corrected chi connectivity index (χ4v) is 5.63. The van der Waals surface area contributed by atoms with Crippen LogP contribution in [0.3, 0.4) is 0 Å². The number of amides is 2. The van der Waals surface area contributed by atoms with E-state index in [0.29, 0.717) is 5.56 Å². The molecule has 4 aromatic rings. The van der Waals surface area contributed by atoms with Crippen LogP contribution in [0.1, 0.15) is 50.3 Å². The monoisotopic (exact) mass is 662 g/mol. The maximum Gasteiger partial charge on any atom is 0.309 e. The summed E-state index contributed by atoms with van der Waals surface area (Å²) in [5.41, 5.74) is 0.973. The van der Waals surface area contributed by atoms with Crippen LogP contribution in [0.15, 0.2) is 103 Å². The molecule has 0 aromatic heterocycles. The largest absolute Gasteiger partial charge is 0.481 e. The van der Waals surface area contributed by atoms with E-state index in [1.807, 2.05) is 103 Å². The zero-order valence-electron chi connectivity index (χ0n) is 28.0. The first kappa shape index (κ1) is 36.4. The molecule has 2 amide bonds. The predicted octanol–water partition coefficient (Wildman–Crippen LogP) is 5.07. The van der Waals surface area contributed by atoms with Crippen molar-refractivity contribution in [1.29, 1.82) is 0 Å². The Morgan fingerprint density at radius 3 is 1.92 bits per heavy atom. The quantitative estimate of drug-likeness (QED) is 0.134. The molecule has 49 heavy (non-hydrogen) atoms. The lowest BCUT2D eigenvalue weighted by Gasteiger charge is -2.24. The van der Waals surface area contributed by atoms with Crippen LogP contribution in [0.4, 0.5) is 0 Å². The van der Waals surface area contributed by atoms with E-state index < -0.39 is 52.8 Å². The number of aliphatic carboxylic acids is 1. The van der Waals surface area contributed by atoms with Crippen molar-refractivity contribution in [2.24, 2.45) is 11.3 Å². The van der Waals surface area contributed by atoms with Crippen molar-refractivity contribution in [1.82, 2.24) is 10.6 Å². The fourth-order valence-electron chi connectivity index (χ4n) is 5.63. The van der Waals surface area contributed by atoms with E-state index in [-0.39, 0.29) is 37.9 Å². The Bertz CT molecular complexity index is 1820. The first-order valence-corrected chi connectivity index (χ1v) is 16.3. The van der Waals surface area contributed by atoms with Gasteiger partial charge in [-0.1, -0.05) is 103 Å². The van der Waals surface area contributed by atoms with Crippen molar-refractivity contribution in [2.75, 3.05) is 0 Å². The number of carbonyl (C=O) groups excluding carboxylic acids is 5. The van der Waals surface area contributed by atoms with Crippen molar-refractivity contribution >= 4 is 45.9 Å². The van der Waals surface area contributed by atoms with Gasteiger partial charge in [0.2, 0.25) is 11.7 Å². The number of carboxylic acids is 1. The number of ketones is 3. The third kappa shape index (κ3) is 10.5. The number of Topliss-reactive ketones (excluding diaryl/α,β-unsaturated/α-hetero) is 3. The molecule has 0 saturated heterocycles. The van der Waals surface area contributed by atoms with E-state index in [4.69, 9.17) is 0 Å². The van der Waals surface area contributed by atoms with E-state index in [2.05, 4.69) is 10.6 Å². The Kier molecular flexibility index (Phi) is 12.3. The zero-order chi connectivity index (χ0) is 35.6. The van der Waals surface area contributed by atoms with Crippen molar-refractivity contribution in [3.05, 3.63) is 120 Å². The molecular weight excluding hydrogens is 620 g/mol. The van der Waals surface area contributed by atoms with Gasteiger partial charge in [-0.05, 0) is 61.1 Å². The van der Waals surface area contributed by atoms with Crippen LogP contribution in [-0.4, -0.2) is 52.3 Å². The molecule has 3 atom stereocenters. The molecule has 4 rings (SSSR count). The molecule has 0 bridgehead atoms. The van der Waals surface area contributed by atoms with Crippen LogP contribution < -0.4 is 10.6 Å². The number of hydrogen-bond donors (Lipinski definition) is 3. The summed E-state index contributed by atoms with van der Waals surface area (Å²) in [7, 11) is 0. The Morgan fingerprint density at radius 2 is 1.29 bits per heavy atom. The van der Waals surface area contributed by atoms with Crippen LogP contribution in [0.2, 0.25) is 0 Å². The van der Waals surface area contributed by atoms with Gasteiger partial charge in [-0.25, -0.2) is 0 Å². The third-order valence-electron chi connectivity index (χ3n) is 8.53. The second kappa shape index (κ2) is 16.6. The summed E-state index contributed by atoms with van der Waals surface area (Å²) in [5, 5.41) is 16.7. The average molecular weight is 663 g/mol. The van der Waals surface area contributed by atoms with Crippen LogP contribution in [-0.2, 0) is 48.0 Å². The molecule has 0 spiro atoms. The Labute approximate surface area is 286 Å². The first-order valence-electron chi connectivity index (χ1n) is 16.3. The van der Waals surface area contributed by atoms with Crippen LogP contribution in [0, 0.1) is 11.3 Å². The Morgan fingerprint density at radius 1 is 0.694 bits per heavy atom. The maximum atomic E-state index is 13.5. The summed E-state index contributed by atoms with van der Waals surface area (Å²) in [6.07, 6.45) is -0.00460. The van der Waals surface area contributed by atoms with Crippen LogP contribution >= 0.6 is 0 Å². The normalized spacial score (nSPS) is 13.1. The van der Waals surface area contributed by atoms with E-state index in [0.717, 1.165) is 21.9 Å². The van der Waals surface area contributed by atoms with E-state index in [1.54, 1.807) is 0 Å². The molecule has 0 aliphatic heterocycles. The predicted molar refractivity (Wildman–Crippen MR) is 187 cm³/mol. The number of nitrogens with one attached hydrogen (secondary N) is 2. The zero-order valence-corrected chi connectivity index (χ0v) is 28.0. The lowest BCUT2D eigenvalue weighted by Crippen LogP contribution is -2.52. The van der Waals surface area contributed by atoms with Crippen molar-refractivity contribution in [2.45, 2.75) is 65.0 Å². The van der Waals surface area contributed by atoms with Gasteiger partial charge in [0.05, 0.1) is 17.5 Å².